The van der Waals surface area contributed by atoms with Gasteiger partial charge in [-0.15, -0.1) is 0 Å². The second-order valence-corrected chi connectivity index (χ2v) is 8.57. The van der Waals surface area contributed by atoms with Crippen LogP contribution in [0.4, 0.5) is 18.9 Å². The summed E-state index contributed by atoms with van der Waals surface area (Å²) in [7, 11) is 3.18. The number of hydrogen-bond acceptors (Lipinski definition) is 5. The lowest BCUT2D eigenvalue weighted by Gasteiger charge is -2.36. The van der Waals surface area contributed by atoms with Crippen LogP contribution in [0.15, 0.2) is 18.2 Å². The SMILES string of the molecule is CCC(=O)Nc1ccc2c(c1)OC[C@@H](C)N(CCC(F)(F)F)C[C@@H](C)[C@@H](OC)CN(C)C2=O. The Morgan fingerprint density at radius 2 is 1.97 bits per heavy atom. The van der Waals surface area contributed by atoms with E-state index in [1.54, 1.807) is 44.0 Å². The van der Waals surface area contributed by atoms with Crippen molar-refractivity contribution < 1.29 is 32.2 Å². The lowest BCUT2D eigenvalue weighted by molar-refractivity contribution is -0.140. The Hall–Kier alpha value is -2.33. The van der Waals surface area contributed by atoms with Gasteiger partial charge in [-0.3, -0.25) is 14.5 Å². The normalized spacial score (nSPS) is 23.2. The van der Waals surface area contributed by atoms with Crippen molar-refractivity contribution in [2.45, 2.75) is 51.9 Å². The first kappa shape index (κ1) is 26.9. The number of fused-ring (bicyclic) bond motifs is 1. The molecule has 0 saturated heterocycles. The number of anilines is 1. The van der Waals surface area contributed by atoms with Gasteiger partial charge in [0.15, 0.2) is 0 Å². The van der Waals surface area contributed by atoms with E-state index < -0.39 is 12.6 Å². The lowest BCUT2D eigenvalue weighted by atomic mass is 10.0. The molecule has 0 unspecified atom stereocenters. The lowest BCUT2D eigenvalue weighted by Crippen LogP contribution is -2.47. The summed E-state index contributed by atoms with van der Waals surface area (Å²) in [4.78, 5) is 28.2. The molecule has 1 aromatic rings. The van der Waals surface area contributed by atoms with E-state index in [1.165, 1.54) is 12.0 Å². The van der Waals surface area contributed by atoms with Crippen LogP contribution >= 0.6 is 0 Å². The van der Waals surface area contributed by atoms with Gasteiger partial charge >= 0.3 is 6.18 Å². The number of benzene rings is 1. The zero-order valence-corrected chi connectivity index (χ0v) is 19.9. The molecule has 0 aromatic heterocycles. The summed E-state index contributed by atoms with van der Waals surface area (Å²) in [5, 5.41) is 2.73. The highest BCUT2D eigenvalue weighted by Gasteiger charge is 2.32. The number of ether oxygens (including phenoxy) is 2. The maximum Gasteiger partial charge on any atom is 0.390 e. The molecular formula is C23H34F3N3O4. The molecule has 3 atom stereocenters. The molecule has 1 N–H and O–H groups in total. The van der Waals surface area contributed by atoms with Crippen molar-refractivity contribution in [3.05, 3.63) is 23.8 Å². The molecule has 2 rings (SSSR count). The standard InChI is InChI=1S/C23H34F3N3O4/c1-6-21(30)27-17-7-8-18-19(11-17)33-14-16(3)29(10-9-23(24,25)26)12-15(2)20(32-5)13-28(4)22(18)31/h7-8,11,15-16,20H,6,9-10,12-14H2,1-5H3,(H,27,30)/t15-,16-,20+/m1/s1. The molecule has 0 radical (unpaired) electrons. The Morgan fingerprint density at radius 3 is 2.58 bits per heavy atom. The molecule has 1 aliphatic heterocycles. The number of nitrogens with zero attached hydrogens (tertiary/aromatic N) is 2. The summed E-state index contributed by atoms with van der Waals surface area (Å²) in [6.45, 7) is 5.98. The molecule has 1 heterocycles. The topological polar surface area (TPSA) is 71.1 Å². The molecule has 1 aliphatic rings. The maximum absolute atomic E-state index is 13.1. The Bertz CT molecular complexity index is 819. The van der Waals surface area contributed by atoms with E-state index >= 15 is 0 Å². The van der Waals surface area contributed by atoms with Crippen molar-refractivity contribution >= 4 is 17.5 Å². The zero-order chi connectivity index (χ0) is 24.8. The van der Waals surface area contributed by atoms with E-state index in [0.29, 0.717) is 24.2 Å². The van der Waals surface area contributed by atoms with Crippen molar-refractivity contribution in [2.75, 3.05) is 45.7 Å². The van der Waals surface area contributed by atoms with Crippen LogP contribution in [-0.2, 0) is 9.53 Å². The minimum Gasteiger partial charge on any atom is -0.491 e. The molecule has 186 valence electrons. The van der Waals surface area contributed by atoms with E-state index in [0.717, 1.165) is 0 Å². The zero-order valence-electron chi connectivity index (χ0n) is 19.9. The average molecular weight is 474 g/mol. The van der Waals surface area contributed by atoms with Gasteiger partial charge in [0.2, 0.25) is 5.91 Å². The molecule has 0 aliphatic carbocycles. The number of methoxy groups -OCH3 is 1. The largest absolute Gasteiger partial charge is 0.491 e. The van der Waals surface area contributed by atoms with E-state index in [-0.39, 0.29) is 55.3 Å². The van der Waals surface area contributed by atoms with Gasteiger partial charge in [-0.2, -0.15) is 13.2 Å². The smallest absolute Gasteiger partial charge is 0.390 e. The summed E-state index contributed by atoms with van der Waals surface area (Å²) >= 11 is 0. The molecule has 33 heavy (non-hydrogen) atoms. The van der Waals surface area contributed by atoms with Gasteiger partial charge in [-0.1, -0.05) is 13.8 Å². The quantitative estimate of drug-likeness (QED) is 0.705. The van der Waals surface area contributed by atoms with Gasteiger partial charge in [0.05, 0.1) is 18.1 Å². The van der Waals surface area contributed by atoms with E-state index in [9.17, 15) is 22.8 Å². The van der Waals surface area contributed by atoms with Crippen LogP contribution < -0.4 is 10.1 Å². The van der Waals surface area contributed by atoms with Gasteiger partial charge in [0.25, 0.3) is 5.91 Å². The number of alkyl halides is 3. The highest BCUT2D eigenvalue weighted by molar-refractivity contribution is 5.98. The first-order chi connectivity index (χ1) is 15.4. The Morgan fingerprint density at radius 1 is 1.27 bits per heavy atom. The third-order valence-electron chi connectivity index (χ3n) is 5.86. The molecule has 1 aromatic carbocycles. The van der Waals surface area contributed by atoms with Crippen LogP contribution in [0.5, 0.6) is 5.75 Å². The highest BCUT2D eigenvalue weighted by Crippen LogP contribution is 2.27. The van der Waals surface area contributed by atoms with Crippen molar-refractivity contribution in [2.24, 2.45) is 5.92 Å². The summed E-state index contributed by atoms with van der Waals surface area (Å²) in [5.41, 5.74) is 0.789. The summed E-state index contributed by atoms with van der Waals surface area (Å²) in [6.07, 6.45) is -5.25. The predicted molar refractivity (Wildman–Crippen MR) is 119 cm³/mol. The van der Waals surface area contributed by atoms with Crippen molar-refractivity contribution in [3.63, 3.8) is 0 Å². The molecule has 0 fully saturated rings. The van der Waals surface area contributed by atoms with Crippen LogP contribution in [0.3, 0.4) is 0 Å². The van der Waals surface area contributed by atoms with Crippen molar-refractivity contribution in [1.29, 1.82) is 0 Å². The minimum absolute atomic E-state index is 0.0808. The van der Waals surface area contributed by atoms with Crippen LogP contribution in [0.1, 0.15) is 44.0 Å². The minimum atomic E-state index is -4.26. The monoisotopic (exact) mass is 473 g/mol. The Balaban J connectivity index is 2.39. The first-order valence-electron chi connectivity index (χ1n) is 11.1. The van der Waals surface area contributed by atoms with Gasteiger partial charge < -0.3 is 19.7 Å². The van der Waals surface area contributed by atoms with Gasteiger partial charge in [0.1, 0.15) is 12.4 Å². The first-order valence-corrected chi connectivity index (χ1v) is 11.1. The number of hydrogen-bond donors (Lipinski definition) is 1. The van der Waals surface area contributed by atoms with Gasteiger partial charge in [-0.05, 0) is 25.0 Å². The van der Waals surface area contributed by atoms with Crippen LogP contribution in [-0.4, -0.2) is 80.3 Å². The molecule has 7 nitrogen and oxygen atoms in total. The van der Waals surface area contributed by atoms with E-state index in [4.69, 9.17) is 9.47 Å². The molecule has 0 bridgehead atoms. The van der Waals surface area contributed by atoms with Crippen LogP contribution in [0.2, 0.25) is 0 Å². The van der Waals surface area contributed by atoms with Crippen molar-refractivity contribution in [1.82, 2.24) is 9.80 Å². The molecule has 10 heteroatoms. The number of carbonyl (C=O) groups is 2. The number of carbonyl (C=O) groups excluding carboxylic acids is 2. The molecule has 2 amide bonds. The number of nitrogens with one attached hydrogen (secondary N) is 1. The van der Waals surface area contributed by atoms with Crippen LogP contribution in [0, 0.1) is 5.92 Å². The fraction of sp³-hybridized carbons (Fsp3) is 0.652. The second-order valence-electron chi connectivity index (χ2n) is 8.57. The number of halogens is 3. The molecular weight excluding hydrogens is 439 g/mol. The van der Waals surface area contributed by atoms with Gasteiger partial charge in [-0.25, -0.2) is 0 Å². The molecule has 0 saturated carbocycles. The van der Waals surface area contributed by atoms with Crippen LogP contribution in [0.25, 0.3) is 0 Å². The van der Waals surface area contributed by atoms with Gasteiger partial charge in [0, 0.05) is 58.0 Å². The summed E-state index contributed by atoms with van der Waals surface area (Å²) in [6, 6.07) is 4.44. The summed E-state index contributed by atoms with van der Waals surface area (Å²) < 4.78 is 50.3. The Kier molecular flexibility index (Phi) is 9.54. The Labute approximate surface area is 193 Å². The number of likely N-dealkylation sites (N-methyl/N-ethyl adjacent to an activating group) is 1. The third-order valence-corrected chi connectivity index (χ3v) is 5.86. The fourth-order valence-corrected chi connectivity index (χ4v) is 3.76. The van der Waals surface area contributed by atoms with E-state index in [1.807, 2.05) is 6.92 Å². The molecule has 0 spiro atoms. The second kappa shape index (κ2) is 11.7. The number of amides is 2. The van der Waals surface area contributed by atoms with E-state index in [2.05, 4.69) is 5.32 Å². The predicted octanol–water partition coefficient (Wildman–Crippen LogP) is 3.79. The number of rotatable bonds is 5. The van der Waals surface area contributed by atoms with Crippen molar-refractivity contribution in [3.8, 4) is 5.75 Å². The summed E-state index contributed by atoms with van der Waals surface area (Å²) in [5.74, 6) is -0.303. The fourth-order valence-electron chi connectivity index (χ4n) is 3.76. The maximum atomic E-state index is 13.1. The highest BCUT2D eigenvalue weighted by atomic mass is 19.4. The third kappa shape index (κ3) is 7.89. The average Bonchev–Trinajstić information content (AvgIpc) is 2.76.